The predicted octanol–water partition coefficient (Wildman–Crippen LogP) is 1.29. The lowest BCUT2D eigenvalue weighted by molar-refractivity contribution is -0.139. The molecule has 4 nitrogen and oxygen atoms in total. The van der Waals surface area contributed by atoms with E-state index in [0.717, 1.165) is 19.5 Å². The number of esters is 1. The lowest BCUT2D eigenvalue weighted by atomic mass is 10.4. The average molecular weight is 245 g/mol. The lowest BCUT2D eigenvalue weighted by Gasteiger charge is -2.19. The summed E-state index contributed by atoms with van der Waals surface area (Å²) in [4.78, 5) is 24.4. The lowest BCUT2D eigenvalue weighted by Crippen LogP contribution is -2.31. The molecule has 1 amide bonds. The number of likely N-dealkylation sites (tertiary alicyclic amines) is 1. The van der Waals surface area contributed by atoms with Crippen LogP contribution in [0.4, 0.5) is 0 Å². The van der Waals surface area contributed by atoms with Crippen molar-refractivity contribution in [1.82, 2.24) is 4.90 Å². The predicted molar refractivity (Wildman–Crippen MR) is 64.4 cm³/mol. The average Bonchev–Trinajstić information content (AvgIpc) is 2.62. The first-order chi connectivity index (χ1) is 7.63. The van der Waals surface area contributed by atoms with Gasteiger partial charge in [0.05, 0.1) is 12.4 Å². The smallest absolute Gasteiger partial charge is 0.315 e. The SMILES string of the molecule is CCOC(=O)CSC(C)CN1CCCC1=O. The van der Waals surface area contributed by atoms with Crippen molar-refractivity contribution < 1.29 is 14.3 Å². The van der Waals surface area contributed by atoms with Crippen molar-refractivity contribution in [2.24, 2.45) is 0 Å². The maximum atomic E-state index is 11.4. The molecule has 0 aromatic carbocycles. The molecule has 1 aliphatic heterocycles. The summed E-state index contributed by atoms with van der Waals surface area (Å²) in [5, 5.41) is 0.284. The van der Waals surface area contributed by atoms with E-state index in [1.54, 1.807) is 18.7 Å². The minimum atomic E-state index is -0.174. The van der Waals surface area contributed by atoms with Gasteiger partial charge >= 0.3 is 5.97 Å². The fraction of sp³-hybridized carbons (Fsp3) is 0.818. The minimum Gasteiger partial charge on any atom is -0.465 e. The van der Waals surface area contributed by atoms with Gasteiger partial charge in [0, 0.05) is 24.8 Å². The number of rotatable bonds is 6. The van der Waals surface area contributed by atoms with Gasteiger partial charge in [-0.15, -0.1) is 11.8 Å². The van der Waals surface area contributed by atoms with Gasteiger partial charge in [-0.3, -0.25) is 9.59 Å². The zero-order valence-electron chi connectivity index (χ0n) is 9.90. The van der Waals surface area contributed by atoms with E-state index in [1.165, 1.54) is 0 Å². The van der Waals surface area contributed by atoms with Crippen LogP contribution >= 0.6 is 11.8 Å². The Labute approximate surface area is 101 Å². The van der Waals surface area contributed by atoms with Gasteiger partial charge in [-0.25, -0.2) is 0 Å². The zero-order valence-corrected chi connectivity index (χ0v) is 10.7. The molecule has 1 atom stereocenters. The third kappa shape index (κ3) is 4.43. The van der Waals surface area contributed by atoms with Crippen LogP contribution < -0.4 is 0 Å². The van der Waals surface area contributed by atoms with Gasteiger partial charge in [-0.05, 0) is 13.3 Å². The molecule has 0 spiro atoms. The quantitative estimate of drug-likeness (QED) is 0.662. The number of hydrogen-bond donors (Lipinski definition) is 0. The van der Waals surface area contributed by atoms with Crippen molar-refractivity contribution in [1.29, 1.82) is 0 Å². The molecule has 1 heterocycles. The molecule has 0 aromatic rings. The summed E-state index contributed by atoms with van der Waals surface area (Å²) in [7, 11) is 0. The fourth-order valence-corrected chi connectivity index (χ4v) is 2.46. The van der Waals surface area contributed by atoms with Gasteiger partial charge in [-0.1, -0.05) is 6.92 Å². The Morgan fingerprint density at radius 3 is 2.94 bits per heavy atom. The molecule has 1 saturated heterocycles. The van der Waals surface area contributed by atoms with E-state index >= 15 is 0 Å². The summed E-state index contributed by atoms with van der Waals surface area (Å²) in [5.74, 6) is 0.438. The summed E-state index contributed by atoms with van der Waals surface area (Å²) in [6.07, 6.45) is 1.64. The Hall–Kier alpha value is -0.710. The summed E-state index contributed by atoms with van der Waals surface area (Å²) in [6, 6.07) is 0. The summed E-state index contributed by atoms with van der Waals surface area (Å²) >= 11 is 1.54. The molecule has 0 aliphatic carbocycles. The first-order valence-electron chi connectivity index (χ1n) is 5.68. The number of carbonyl (C=O) groups excluding carboxylic acids is 2. The van der Waals surface area contributed by atoms with Crippen molar-refractivity contribution in [2.45, 2.75) is 31.9 Å². The molecule has 16 heavy (non-hydrogen) atoms. The Morgan fingerprint density at radius 2 is 2.38 bits per heavy atom. The van der Waals surface area contributed by atoms with Gasteiger partial charge in [0.15, 0.2) is 0 Å². The third-order valence-electron chi connectivity index (χ3n) is 2.44. The molecule has 92 valence electrons. The first-order valence-corrected chi connectivity index (χ1v) is 6.73. The summed E-state index contributed by atoms with van der Waals surface area (Å²) < 4.78 is 4.84. The molecule has 0 saturated carbocycles. The van der Waals surface area contributed by atoms with Crippen molar-refractivity contribution in [3.63, 3.8) is 0 Å². The molecular formula is C11H19NO3S. The van der Waals surface area contributed by atoms with Crippen LogP contribution in [0.1, 0.15) is 26.7 Å². The Balaban J connectivity index is 2.17. The largest absolute Gasteiger partial charge is 0.465 e. The third-order valence-corrected chi connectivity index (χ3v) is 3.56. The molecule has 5 heteroatoms. The molecule has 0 aromatic heterocycles. The van der Waals surface area contributed by atoms with Crippen LogP contribution in [0.3, 0.4) is 0 Å². The number of carbonyl (C=O) groups is 2. The molecule has 0 bridgehead atoms. The van der Waals surface area contributed by atoms with Crippen molar-refractivity contribution >= 4 is 23.6 Å². The molecule has 1 fully saturated rings. The maximum absolute atomic E-state index is 11.4. The molecule has 1 unspecified atom stereocenters. The molecular weight excluding hydrogens is 226 g/mol. The molecule has 1 aliphatic rings. The topological polar surface area (TPSA) is 46.6 Å². The second kappa shape index (κ2) is 6.78. The van der Waals surface area contributed by atoms with Crippen LogP contribution in [0.5, 0.6) is 0 Å². The van der Waals surface area contributed by atoms with Crippen LogP contribution in [0, 0.1) is 0 Å². The number of ether oxygens (including phenoxy) is 1. The molecule has 0 radical (unpaired) electrons. The van der Waals surface area contributed by atoms with Gasteiger partial charge in [-0.2, -0.15) is 0 Å². The Morgan fingerprint density at radius 1 is 1.62 bits per heavy atom. The molecule has 0 N–H and O–H groups in total. The second-order valence-corrected chi connectivity index (χ2v) is 5.30. The standard InChI is InChI=1S/C11H19NO3S/c1-3-15-11(14)8-16-9(2)7-12-6-4-5-10(12)13/h9H,3-8H2,1-2H3. The number of nitrogens with zero attached hydrogens (tertiary/aromatic N) is 1. The van der Waals surface area contributed by atoms with Crippen LogP contribution in [0.25, 0.3) is 0 Å². The van der Waals surface area contributed by atoms with Crippen molar-refractivity contribution in [3.8, 4) is 0 Å². The van der Waals surface area contributed by atoms with Crippen LogP contribution in [0.2, 0.25) is 0 Å². The van der Waals surface area contributed by atoms with Crippen LogP contribution in [-0.4, -0.2) is 47.5 Å². The van der Waals surface area contributed by atoms with E-state index < -0.39 is 0 Å². The summed E-state index contributed by atoms with van der Waals surface area (Å²) in [5.41, 5.74) is 0. The van der Waals surface area contributed by atoms with Crippen molar-refractivity contribution in [2.75, 3.05) is 25.4 Å². The maximum Gasteiger partial charge on any atom is 0.315 e. The highest BCUT2D eigenvalue weighted by Gasteiger charge is 2.22. The monoisotopic (exact) mass is 245 g/mol. The van der Waals surface area contributed by atoms with Gasteiger partial charge < -0.3 is 9.64 Å². The fourth-order valence-electron chi connectivity index (χ4n) is 1.67. The van der Waals surface area contributed by atoms with E-state index in [9.17, 15) is 9.59 Å². The number of thioether (sulfide) groups is 1. The van der Waals surface area contributed by atoms with E-state index in [4.69, 9.17) is 4.74 Å². The second-order valence-electron chi connectivity index (χ2n) is 3.87. The first kappa shape index (κ1) is 13.4. The summed E-state index contributed by atoms with van der Waals surface area (Å²) in [6.45, 7) is 5.87. The van der Waals surface area contributed by atoms with Crippen LogP contribution in [-0.2, 0) is 14.3 Å². The van der Waals surface area contributed by atoms with Gasteiger partial charge in [0.25, 0.3) is 0 Å². The number of amides is 1. The number of hydrogen-bond acceptors (Lipinski definition) is 4. The van der Waals surface area contributed by atoms with Gasteiger partial charge in [0.2, 0.25) is 5.91 Å². The highest BCUT2D eigenvalue weighted by Crippen LogP contribution is 2.16. The van der Waals surface area contributed by atoms with E-state index in [1.807, 2.05) is 11.8 Å². The zero-order chi connectivity index (χ0) is 12.0. The Kier molecular flexibility index (Phi) is 5.66. The minimum absolute atomic E-state index is 0.174. The van der Waals surface area contributed by atoms with E-state index in [-0.39, 0.29) is 17.1 Å². The molecule has 1 rings (SSSR count). The van der Waals surface area contributed by atoms with Crippen LogP contribution in [0.15, 0.2) is 0 Å². The Bertz CT molecular complexity index is 258. The van der Waals surface area contributed by atoms with E-state index in [0.29, 0.717) is 18.8 Å². The van der Waals surface area contributed by atoms with Gasteiger partial charge in [0.1, 0.15) is 0 Å². The van der Waals surface area contributed by atoms with E-state index in [2.05, 4.69) is 0 Å². The highest BCUT2D eigenvalue weighted by atomic mass is 32.2. The highest BCUT2D eigenvalue weighted by molar-refractivity contribution is 8.00. The van der Waals surface area contributed by atoms with Crippen molar-refractivity contribution in [3.05, 3.63) is 0 Å². The normalized spacial score (nSPS) is 17.6.